The van der Waals surface area contributed by atoms with Crippen molar-refractivity contribution >= 4 is 0 Å². The maximum Gasteiger partial charge on any atom is 0.0171 e. The molecule has 1 aliphatic rings. The minimum absolute atomic E-state index is 0.179. The molecule has 0 saturated heterocycles. The SMILES string of the molecule is CC1=C(N)C(C)(C)CC=C1. The van der Waals surface area contributed by atoms with Gasteiger partial charge in [-0.3, -0.25) is 0 Å². The quantitative estimate of drug-likeness (QED) is 0.544. The average Bonchev–Trinajstić information content (AvgIpc) is 1.83. The second-order valence-electron chi connectivity index (χ2n) is 3.59. The molecule has 0 spiro atoms. The molecular weight excluding hydrogens is 122 g/mol. The van der Waals surface area contributed by atoms with Crippen molar-refractivity contribution in [3.8, 4) is 0 Å². The van der Waals surface area contributed by atoms with Gasteiger partial charge in [0.1, 0.15) is 0 Å². The van der Waals surface area contributed by atoms with Crippen molar-refractivity contribution in [2.75, 3.05) is 0 Å². The molecule has 1 nitrogen and oxygen atoms in total. The molecule has 0 radical (unpaired) electrons. The molecule has 2 N–H and O–H groups in total. The second-order valence-corrected chi connectivity index (χ2v) is 3.59. The molecule has 1 aliphatic carbocycles. The lowest BCUT2D eigenvalue weighted by atomic mass is 9.80. The number of allylic oxidation sites excluding steroid dienone is 4. The van der Waals surface area contributed by atoms with Crippen LogP contribution in [0.25, 0.3) is 0 Å². The Hall–Kier alpha value is -0.720. The Morgan fingerprint density at radius 1 is 1.50 bits per heavy atom. The van der Waals surface area contributed by atoms with Crippen molar-refractivity contribution in [3.05, 3.63) is 23.4 Å². The van der Waals surface area contributed by atoms with E-state index in [0.29, 0.717) is 0 Å². The van der Waals surface area contributed by atoms with E-state index >= 15 is 0 Å². The first-order chi connectivity index (χ1) is 4.54. The molecule has 56 valence electrons. The Morgan fingerprint density at radius 3 is 2.50 bits per heavy atom. The summed E-state index contributed by atoms with van der Waals surface area (Å²) in [5, 5.41) is 0. The van der Waals surface area contributed by atoms with Crippen molar-refractivity contribution in [3.63, 3.8) is 0 Å². The van der Waals surface area contributed by atoms with Gasteiger partial charge in [-0.2, -0.15) is 0 Å². The highest BCUT2D eigenvalue weighted by molar-refractivity contribution is 5.30. The van der Waals surface area contributed by atoms with E-state index in [2.05, 4.69) is 32.9 Å². The van der Waals surface area contributed by atoms with Gasteiger partial charge >= 0.3 is 0 Å². The topological polar surface area (TPSA) is 26.0 Å². The zero-order chi connectivity index (χ0) is 7.78. The summed E-state index contributed by atoms with van der Waals surface area (Å²) in [5.74, 6) is 0. The van der Waals surface area contributed by atoms with Crippen LogP contribution >= 0.6 is 0 Å². The fourth-order valence-electron chi connectivity index (χ4n) is 1.26. The third-order valence-corrected chi connectivity index (χ3v) is 2.15. The van der Waals surface area contributed by atoms with Crippen LogP contribution in [0.3, 0.4) is 0 Å². The van der Waals surface area contributed by atoms with Crippen molar-refractivity contribution in [2.45, 2.75) is 27.2 Å². The van der Waals surface area contributed by atoms with Crippen LogP contribution in [0.4, 0.5) is 0 Å². The van der Waals surface area contributed by atoms with Gasteiger partial charge in [-0.15, -0.1) is 0 Å². The third-order valence-electron chi connectivity index (χ3n) is 2.15. The monoisotopic (exact) mass is 137 g/mol. The maximum atomic E-state index is 5.88. The Balaban J connectivity index is 2.99. The number of rotatable bonds is 0. The summed E-state index contributed by atoms with van der Waals surface area (Å²) < 4.78 is 0. The fourth-order valence-corrected chi connectivity index (χ4v) is 1.26. The highest BCUT2D eigenvalue weighted by atomic mass is 14.6. The highest BCUT2D eigenvalue weighted by Crippen LogP contribution is 2.32. The van der Waals surface area contributed by atoms with E-state index in [1.165, 1.54) is 5.57 Å². The van der Waals surface area contributed by atoms with Crippen LogP contribution in [0.5, 0.6) is 0 Å². The van der Waals surface area contributed by atoms with E-state index < -0.39 is 0 Å². The standard InChI is InChI=1S/C9H15N/c1-7-5-4-6-9(2,3)8(7)10/h4-5H,6,10H2,1-3H3. The zero-order valence-corrected chi connectivity index (χ0v) is 6.94. The number of nitrogens with two attached hydrogens (primary N) is 1. The van der Waals surface area contributed by atoms with Crippen LogP contribution in [0.15, 0.2) is 23.4 Å². The van der Waals surface area contributed by atoms with Gasteiger partial charge in [0.15, 0.2) is 0 Å². The van der Waals surface area contributed by atoms with Crippen LogP contribution in [-0.2, 0) is 0 Å². The van der Waals surface area contributed by atoms with Crippen LogP contribution in [0.2, 0.25) is 0 Å². The molecule has 0 heterocycles. The lowest BCUT2D eigenvalue weighted by molar-refractivity contribution is 0.438. The van der Waals surface area contributed by atoms with Gasteiger partial charge in [0.05, 0.1) is 0 Å². The Kier molecular flexibility index (Phi) is 1.59. The largest absolute Gasteiger partial charge is 0.401 e. The number of hydrogen-bond acceptors (Lipinski definition) is 1. The first kappa shape index (κ1) is 7.39. The molecular formula is C9H15N. The molecule has 1 rings (SSSR count). The molecule has 0 atom stereocenters. The van der Waals surface area contributed by atoms with Crippen LogP contribution in [0.1, 0.15) is 27.2 Å². The summed E-state index contributed by atoms with van der Waals surface area (Å²) in [7, 11) is 0. The molecule has 0 fully saturated rings. The first-order valence-electron chi connectivity index (χ1n) is 3.67. The lowest BCUT2D eigenvalue weighted by Crippen LogP contribution is -2.23. The Labute approximate surface area is 62.6 Å². The average molecular weight is 137 g/mol. The normalized spacial score (nSPS) is 23.5. The van der Waals surface area contributed by atoms with E-state index in [9.17, 15) is 0 Å². The van der Waals surface area contributed by atoms with Gasteiger partial charge in [-0.25, -0.2) is 0 Å². The van der Waals surface area contributed by atoms with Crippen molar-refractivity contribution in [1.82, 2.24) is 0 Å². The highest BCUT2D eigenvalue weighted by Gasteiger charge is 2.22. The van der Waals surface area contributed by atoms with E-state index in [0.717, 1.165) is 12.1 Å². The van der Waals surface area contributed by atoms with Gasteiger partial charge in [0.2, 0.25) is 0 Å². The molecule has 0 aromatic heterocycles. The van der Waals surface area contributed by atoms with E-state index in [1.54, 1.807) is 0 Å². The first-order valence-corrected chi connectivity index (χ1v) is 3.67. The van der Waals surface area contributed by atoms with Crippen molar-refractivity contribution in [2.24, 2.45) is 11.1 Å². The molecule has 0 aromatic carbocycles. The van der Waals surface area contributed by atoms with E-state index in [4.69, 9.17) is 5.73 Å². The predicted molar refractivity (Wildman–Crippen MR) is 44.4 cm³/mol. The van der Waals surface area contributed by atoms with E-state index in [-0.39, 0.29) is 5.41 Å². The molecule has 10 heavy (non-hydrogen) atoms. The summed E-state index contributed by atoms with van der Waals surface area (Å²) in [5.41, 5.74) is 8.32. The fraction of sp³-hybridized carbons (Fsp3) is 0.556. The molecule has 0 bridgehead atoms. The Morgan fingerprint density at radius 2 is 2.10 bits per heavy atom. The van der Waals surface area contributed by atoms with Gasteiger partial charge in [0, 0.05) is 11.1 Å². The van der Waals surface area contributed by atoms with Crippen molar-refractivity contribution in [1.29, 1.82) is 0 Å². The molecule has 0 amide bonds. The summed E-state index contributed by atoms with van der Waals surface area (Å²) >= 11 is 0. The predicted octanol–water partition coefficient (Wildman–Crippen LogP) is 2.21. The van der Waals surface area contributed by atoms with Crippen LogP contribution in [-0.4, -0.2) is 0 Å². The Bertz CT molecular complexity index is 197. The third kappa shape index (κ3) is 1.08. The lowest BCUT2D eigenvalue weighted by Gasteiger charge is -2.28. The summed E-state index contributed by atoms with van der Waals surface area (Å²) in [6.07, 6.45) is 5.35. The molecule has 0 aromatic rings. The smallest absolute Gasteiger partial charge is 0.0171 e. The zero-order valence-electron chi connectivity index (χ0n) is 6.94. The van der Waals surface area contributed by atoms with Gasteiger partial charge in [-0.05, 0) is 18.9 Å². The van der Waals surface area contributed by atoms with Crippen molar-refractivity contribution < 1.29 is 0 Å². The van der Waals surface area contributed by atoms with Gasteiger partial charge < -0.3 is 5.73 Å². The van der Waals surface area contributed by atoms with Crippen LogP contribution < -0.4 is 5.73 Å². The summed E-state index contributed by atoms with van der Waals surface area (Å²) in [4.78, 5) is 0. The molecule has 0 unspecified atom stereocenters. The molecule has 0 aliphatic heterocycles. The minimum Gasteiger partial charge on any atom is -0.401 e. The summed E-state index contributed by atoms with van der Waals surface area (Å²) in [6.45, 7) is 6.41. The maximum absolute atomic E-state index is 5.88. The molecule has 0 saturated carbocycles. The van der Waals surface area contributed by atoms with Crippen LogP contribution in [0, 0.1) is 5.41 Å². The number of hydrogen-bond donors (Lipinski definition) is 1. The second kappa shape index (κ2) is 2.15. The van der Waals surface area contributed by atoms with Gasteiger partial charge in [0.25, 0.3) is 0 Å². The summed E-state index contributed by atoms with van der Waals surface area (Å²) in [6, 6.07) is 0. The minimum atomic E-state index is 0.179. The van der Waals surface area contributed by atoms with E-state index in [1.807, 2.05) is 0 Å². The molecule has 1 heteroatoms. The van der Waals surface area contributed by atoms with Gasteiger partial charge in [-0.1, -0.05) is 26.0 Å².